The zero-order valence-corrected chi connectivity index (χ0v) is 15.7. The highest BCUT2D eigenvalue weighted by Gasteiger charge is 2.16. The Bertz CT molecular complexity index is 1020. The van der Waals surface area contributed by atoms with Crippen LogP contribution >= 0.6 is 11.3 Å². The van der Waals surface area contributed by atoms with Gasteiger partial charge in [0.15, 0.2) is 0 Å². The summed E-state index contributed by atoms with van der Waals surface area (Å²) in [6, 6.07) is 13.7. The normalized spacial score (nSPS) is 14.8. The minimum Gasteiger partial charge on any atom is -0.346 e. The second kappa shape index (κ2) is 7.32. The van der Waals surface area contributed by atoms with Gasteiger partial charge in [0, 0.05) is 18.2 Å². The van der Waals surface area contributed by atoms with E-state index in [0.717, 1.165) is 38.5 Å². The zero-order valence-electron chi connectivity index (χ0n) is 14.9. The van der Waals surface area contributed by atoms with Crippen molar-refractivity contribution < 1.29 is 9.59 Å². The van der Waals surface area contributed by atoms with Gasteiger partial charge >= 0.3 is 0 Å². The van der Waals surface area contributed by atoms with E-state index in [1.165, 1.54) is 6.08 Å². The highest BCUT2D eigenvalue weighted by Crippen LogP contribution is 2.26. The van der Waals surface area contributed by atoms with Crippen molar-refractivity contribution in [3.63, 3.8) is 0 Å². The van der Waals surface area contributed by atoms with Crippen molar-refractivity contribution in [2.24, 2.45) is 0 Å². The number of para-hydroxylation sites is 1. The largest absolute Gasteiger partial charge is 0.346 e. The lowest BCUT2D eigenvalue weighted by atomic mass is 9.98. The number of nitrogens with zero attached hydrogens (tertiary/aromatic N) is 1. The molecule has 2 heterocycles. The Morgan fingerprint density at radius 2 is 2.11 bits per heavy atom. The van der Waals surface area contributed by atoms with Crippen LogP contribution in [0.4, 0.5) is 5.69 Å². The number of nitrogens with one attached hydrogen (secondary N) is 2. The van der Waals surface area contributed by atoms with E-state index in [-0.39, 0.29) is 17.9 Å². The summed E-state index contributed by atoms with van der Waals surface area (Å²) in [6.45, 7) is 1.95. The number of hydrogen-bond donors (Lipinski definition) is 2. The zero-order chi connectivity index (χ0) is 18.8. The van der Waals surface area contributed by atoms with Gasteiger partial charge < -0.3 is 10.6 Å². The summed E-state index contributed by atoms with van der Waals surface area (Å²) in [4.78, 5) is 28.2. The fraction of sp³-hybridized carbons (Fsp3) is 0.190. The maximum atomic E-state index is 12.3. The van der Waals surface area contributed by atoms with Gasteiger partial charge in [0.2, 0.25) is 11.8 Å². The van der Waals surface area contributed by atoms with E-state index in [9.17, 15) is 9.59 Å². The molecule has 1 atom stereocenters. The second-order valence-corrected chi connectivity index (χ2v) is 7.61. The van der Waals surface area contributed by atoms with Crippen LogP contribution in [-0.2, 0) is 16.0 Å². The van der Waals surface area contributed by atoms with Crippen molar-refractivity contribution in [2.45, 2.75) is 25.8 Å². The molecule has 0 aliphatic carbocycles. The van der Waals surface area contributed by atoms with Gasteiger partial charge in [-0.2, -0.15) is 0 Å². The predicted molar refractivity (Wildman–Crippen MR) is 109 cm³/mol. The average Bonchev–Trinajstić information content (AvgIpc) is 3.09. The molecule has 0 saturated heterocycles. The van der Waals surface area contributed by atoms with Gasteiger partial charge in [0.25, 0.3) is 0 Å². The van der Waals surface area contributed by atoms with Crippen LogP contribution in [0.2, 0.25) is 0 Å². The van der Waals surface area contributed by atoms with Crippen molar-refractivity contribution in [1.82, 2.24) is 10.3 Å². The SMILES string of the molecule is CC(NC(=O)C=Cc1nc2ccccc2s1)c1ccc2c(c1)CCC(=O)N2. The quantitative estimate of drug-likeness (QED) is 0.673. The summed E-state index contributed by atoms with van der Waals surface area (Å²) in [6.07, 6.45) is 4.50. The first-order valence-electron chi connectivity index (χ1n) is 8.85. The highest BCUT2D eigenvalue weighted by atomic mass is 32.1. The third-order valence-corrected chi connectivity index (χ3v) is 5.57. The van der Waals surface area contributed by atoms with Crippen molar-refractivity contribution >= 4 is 45.1 Å². The molecule has 2 aromatic carbocycles. The molecular formula is C21H19N3O2S. The maximum Gasteiger partial charge on any atom is 0.244 e. The average molecular weight is 377 g/mol. The molecule has 3 aromatic rings. The van der Waals surface area contributed by atoms with Crippen molar-refractivity contribution in [2.75, 3.05) is 5.32 Å². The van der Waals surface area contributed by atoms with Crippen LogP contribution in [0.25, 0.3) is 16.3 Å². The van der Waals surface area contributed by atoms with Gasteiger partial charge in [-0.1, -0.05) is 24.3 Å². The number of rotatable bonds is 4. The molecule has 1 aliphatic rings. The number of carbonyl (C=O) groups is 2. The minimum atomic E-state index is -0.159. The van der Waals surface area contributed by atoms with Gasteiger partial charge in [0.1, 0.15) is 5.01 Å². The number of benzene rings is 2. The van der Waals surface area contributed by atoms with Crippen LogP contribution in [0, 0.1) is 0 Å². The van der Waals surface area contributed by atoms with Gasteiger partial charge in [-0.3, -0.25) is 9.59 Å². The number of fused-ring (bicyclic) bond motifs is 2. The van der Waals surface area contributed by atoms with E-state index in [4.69, 9.17) is 0 Å². The van der Waals surface area contributed by atoms with Crippen LogP contribution in [0.5, 0.6) is 0 Å². The first kappa shape index (κ1) is 17.4. The molecule has 0 spiro atoms. The molecule has 1 unspecified atom stereocenters. The lowest BCUT2D eigenvalue weighted by Crippen LogP contribution is -2.25. The first-order chi connectivity index (χ1) is 13.1. The van der Waals surface area contributed by atoms with Gasteiger partial charge in [0.05, 0.1) is 16.3 Å². The molecule has 5 nitrogen and oxygen atoms in total. The summed E-state index contributed by atoms with van der Waals surface area (Å²) in [7, 11) is 0. The Morgan fingerprint density at radius 3 is 2.96 bits per heavy atom. The van der Waals surface area contributed by atoms with E-state index < -0.39 is 0 Å². The lowest BCUT2D eigenvalue weighted by molar-refractivity contribution is -0.117. The number of anilines is 1. The molecule has 4 rings (SSSR count). The number of thiazole rings is 1. The Hall–Kier alpha value is -2.99. The van der Waals surface area contributed by atoms with Crippen LogP contribution in [0.1, 0.15) is 35.5 Å². The van der Waals surface area contributed by atoms with Crippen LogP contribution < -0.4 is 10.6 Å². The Labute approximate surface area is 161 Å². The fourth-order valence-corrected chi connectivity index (χ4v) is 4.00. The Kier molecular flexibility index (Phi) is 4.73. The summed E-state index contributed by atoms with van der Waals surface area (Å²) in [5, 5.41) is 6.66. The molecule has 0 fully saturated rings. The number of hydrogen-bond acceptors (Lipinski definition) is 4. The molecule has 0 radical (unpaired) electrons. The van der Waals surface area contributed by atoms with E-state index in [1.807, 2.05) is 43.3 Å². The molecule has 2 amide bonds. The van der Waals surface area contributed by atoms with Crippen LogP contribution in [-0.4, -0.2) is 16.8 Å². The molecule has 0 saturated carbocycles. The van der Waals surface area contributed by atoms with Gasteiger partial charge in [-0.25, -0.2) is 4.98 Å². The van der Waals surface area contributed by atoms with Gasteiger partial charge in [-0.15, -0.1) is 11.3 Å². The number of aryl methyl sites for hydroxylation is 1. The van der Waals surface area contributed by atoms with Crippen molar-refractivity contribution in [3.05, 3.63) is 64.7 Å². The molecule has 1 aliphatic heterocycles. The lowest BCUT2D eigenvalue weighted by Gasteiger charge is -2.20. The highest BCUT2D eigenvalue weighted by molar-refractivity contribution is 7.19. The van der Waals surface area contributed by atoms with E-state index in [1.54, 1.807) is 17.4 Å². The first-order valence-corrected chi connectivity index (χ1v) is 9.67. The topological polar surface area (TPSA) is 71.1 Å². The smallest absolute Gasteiger partial charge is 0.244 e. The predicted octanol–water partition coefficient (Wildman–Crippen LogP) is 4.07. The minimum absolute atomic E-state index is 0.0524. The third kappa shape index (κ3) is 3.90. The number of aromatic nitrogens is 1. The van der Waals surface area contributed by atoms with Crippen LogP contribution in [0.15, 0.2) is 48.5 Å². The van der Waals surface area contributed by atoms with E-state index >= 15 is 0 Å². The monoisotopic (exact) mass is 377 g/mol. The fourth-order valence-electron chi connectivity index (χ4n) is 3.13. The maximum absolute atomic E-state index is 12.3. The molecule has 136 valence electrons. The number of carbonyl (C=O) groups excluding carboxylic acids is 2. The standard InChI is InChI=1S/C21H19N3O2S/c1-13(14-6-8-16-15(12-14)7-9-20(26)23-16)22-19(25)10-11-21-24-17-4-2-3-5-18(17)27-21/h2-6,8,10-13H,7,9H2,1H3,(H,22,25)(H,23,26). The van der Waals surface area contributed by atoms with E-state index in [2.05, 4.69) is 21.7 Å². The summed E-state index contributed by atoms with van der Waals surface area (Å²) >= 11 is 1.56. The molecule has 2 N–H and O–H groups in total. The molecular weight excluding hydrogens is 358 g/mol. The molecule has 1 aromatic heterocycles. The second-order valence-electron chi connectivity index (χ2n) is 6.55. The molecule has 0 bridgehead atoms. The molecule has 27 heavy (non-hydrogen) atoms. The van der Waals surface area contributed by atoms with Crippen molar-refractivity contribution in [1.29, 1.82) is 0 Å². The summed E-state index contributed by atoms with van der Waals surface area (Å²) in [5.74, 6) is -0.107. The van der Waals surface area contributed by atoms with Crippen molar-refractivity contribution in [3.8, 4) is 0 Å². The third-order valence-electron chi connectivity index (χ3n) is 4.57. The summed E-state index contributed by atoms with van der Waals surface area (Å²) in [5.41, 5.74) is 3.94. The Balaban J connectivity index is 1.42. The van der Waals surface area contributed by atoms with Crippen LogP contribution in [0.3, 0.4) is 0 Å². The summed E-state index contributed by atoms with van der Waals surface area (Å²) < 4.78 is 1.10. The van der Waals surface area contributed by atoms with E-state index in [0.29, 0.717) is 6.42 Å². The molecule has 6 heteroatoms. The van der Waals surface area contributed by atoms with Gasteiger partial charge in [-0.05, 0) is 48.7 Å². The Morgan fingerprint density at radius 1 is 1.26 bits per heavy atom. The number of amides is 2.